The number of nitrogens with one attached hydrogen (secondary N) is 2. The van der Waals surface area contributed by atoms with Gasteiger partial charge >= 0.3 is 0 Å². The Labute approximate surface area is 161 Å². The zero-order valence-electron chi connectivity index (χ0n) is 16.1. The molecule has 2 aromatic carbocycles. The predicted octanol–water partition coefficient (Wildman–Crippen LogP) is 2.61. The van der Waals surface area contributed by atoms with Crippen LogP contribution in [0.3, 0.4) is 0 Å². The van der Waals surface area contributed by atoms with Crippen molar-refractivity contribution in [2.24, 2.45) is 0 Å². The lowest BCUT2D eigenvalue weighted by Gasteiger charge is -2.13. The van der Waals surface area contributed by atoms with Gasteiger partial charge in [0.25, 0.3) is 0 Å². The molecule has 0 aliphatic rings. The van der Waals surface area contributed by atoms with Gasteiger partial charge in [-0.25, -0.2) is 13.1 Å². The topological polar surface area (TPSA) is 84.5 Å². The Balaban J connectivity index is 1.86. The molecule has 0 aromatic heterocycles. The third-order valence-electron chi connectivity index (χ3n) is 4.17. The molecule has 0 fully saturated rings. The van der Waals surface area contributed by atoms with E-state index in [0.717, 1.165) is 16.9 Å². The van der Waals surface area contributed by atoms with Crippen LogP contribution < -0.4 is 14.8 Å². The van der Waals surface area contributed by atoms with E-state index in [2.05, 4.69) is 10.0 Å². The van der Waals surface area contributed by atoms with E-state index in [9.17, 15) is 13.2 Å². The Bertz CT molecular complexity index is 883. The van der Waals surface area contributed by atoms with Gasteiger partial charge in [-0.3, -0.25) is 4.79 Å². The van der Waals surface area contributed by atoms with Gasteiger partial charge in [-0.15, -0.1) is 0 Å². The van der Waals surface area contributed by atoms with Gasteiger partial charge in [0, 0.05) is 19.5 Å². The zero-order valence-corrected chi connectivity index (χ0v) is 16.9. The molecule has 27 heavy (non-hydrogen) atoms. The van der Waals surface area contributed by atoms with E-state index in [1.165, 1.54) is 0 Å². The second-order valence-corrected chi connectivity index (χ2v) is 8.20. The fourth-order valence-corrected chi connectivity index (χ4v) is 4.47. The van der Waals surface area contributed by atoms with Gasteiger partial charge in [-0.2, -0.15) is 0 Å². The molecular weight excluding hydrogens is 364 g/mol. The van der Waals surface area contributed by atoms with E-state index in [4.69, 9.17) is 4.74 Å². The number of methoxy groups -OCH3 is 1. The second-order valence-electron chi connectivity index (χ2n) is 6.50. The summed E-state index contributed by atoms with van der Waals surface area (Å²) in [6.07, 6.45) is 0.0688. The van der Waals surface area contributed by atoms with Crippen molar-refractivity contribution >= 4 is 15.9 Å². The van der Waals surface area contributed by atoms with Crippen molar-refractivity contribution in [3.63, 3.8) is 0 Å². The van der Waals surface area contributed by atoms with E-state index >= 15 is 0 Å². The highest BCUT2D eigenvalue weighted by Crippen LogP contribution is 2.21. The molecule has 6 nitrogen and oxygen atoms in total. The van der Waals surface area contributed by atoms with Crippen LogP contribution in [0, 0.1) is 20.8 Å². The summed E-state index contributed by atoms with van der Waals surface area (Å²) in [5.41, 5.74) is 3.35. The average Bonchev–Trinajstić information content (AvgIpc) is 2.59. The van der Waals surface area contributed by atoms with Crippen LogP contribution in [0.1, 0.15) is 28.7 Å². The molecule has 2 rings (SSSR count). The molecule has 0 heterocycles. The molecule has 0 unspecified atom stereocenters. The van der Waals surface area contributed by atoms with Gasteiger partial charge < -0.3 is 10.1 Å². The van der Waals surface area contributed by atoms with Crippen LogP contribution in [0.4, 0.5) is 0 Å². The van der Waals surface area contributed by atoms with Crippen molar-refractivity contribution in [2.45, 2.75) is 38.6 Å². The van der Waals surface area contributed by atoms with Gasteiger partial charge in [-0.1, -0.05) is 29.8 Å². The standard InChI is InChI=1S/C20H26N2O4S/c1-14-11-15(2)20(16(3)12-14)27(24,25)22-10-9-19(23)21-13-17-5-7-18(26-4)8-6-17/h5-8,11-12,22H,9-10,13H2,1-4H3,(H,21,23). The first kappa shape index (κ1) is 20.9. The van der Waals surface area contributed by atoms with Gasteiger partial charge in [0.1, 0.15) is 5.75 Å². The van der Waals surface area contributed by atoms with Gasteiger partial charge in [0.2, 0.25) is 15.9 Å². The maximum Gasteiger partial charge on any atom is 0.241 e. The van der Waals surface area contributed by atoms with Crippen molar-refractivity contribution in [3.8, 4) is 5.75 Å². The molecule has 0 atom stereocenters. The summed E-state index contributed by atoms with van der Waals surface area (Å²) in [6.45, 7) is 5.90. The highest BCUT2D eigenvalue weighted by molar-refractivity contribution is 7.89. The lowest BCUT2D eigenvalue weighted by molar-refractivity contribution is -0.121. The lowest BCUT2D eigenvalue weighted by Crippen LogP contribution is -2.31. The van der Waals surface area contributed by atoms with Gasteiger partial charge in [-0.05, 0) is 49.6 Å². The molecule has 2 N–H and O–H groups in total. The third kappa shape index (κ3) is 5.80. The van der Waals surface area contributed by atoms with E-state index in [0.29, 0.717) is 17.7 Å². The normalized spacial score (nSPS) is 11.3. The van der Waals surface area contributed by atoms with Crippen LogP contribution in [0.5, 0.6) is 5.75 Å². The molecule has 146 valence electrons. The number of amides is 1. The van der Waals surface area contributed by atoms with Crippen molar-refractivity contribution < 1.29 is 17.9 Å². The largest absolute Gasteiger partial charge is 0.497 e. The number of sulfonamides is 1. The van der Waals surface area contributed by atoms with Crippen LogP contribution >= 0.6 is 0 Å². The second kappa shape index (κ2) is 9.01. The molecule has 0 saturated heterocycles. The van der Waals surface area contributed by atoms with Gasteiger partial charge in [0.05, 0.1) is 12.0 Å². The van der Waals surface area contributed by atoms with Crippen molar-refractivity contribution in [1.82, 2.24) is 10.0 Å². The minimum Gasteiger partial charge on any atom is -0.497 e. The minimum atomic E-state index is -3.65. The molecular formula is C20H26N2O4S. The van der Waals surface area contributed by atoms with Crippen LogP contribution in [-0.4, -0.2) is 28.0 Å². The van der Waals surface area contributed by atoms with E-state index < -0.39 is 10.0 Å². The number of hydrogen-bond donors (Lipinski definition) is 2. The fraction of sp³-hybridized carbons (Fsp3) is 0.350. The maximum atomic E-state index is 12.6. The van der Waals surface area contributed by atoms with Crippen molar-refractivity contribution in [1.29, 1.82) is 0 Å². The molecule has 0 aliphatic heterocycles. The Morgan fingerprint density at radius 1 is 1.04 bits per heavy atom. The number of rotatable bonds is 8. The smallest absolute Gasteiger partial charge is 0.241 e. The first-order chi connectivity index (χ1) is 12.7. The number of benzene rings is 2. The molecule has 2 aromatic rings. The van der Waals surface area contributed by atoms with Crippen LogP contribution in [0.2, 0.25) is 0 Å². The number of carbonyl (C=O) groups is 1. The summed E-state index contributed by atoms with van der Waals surface area (Å²) >= 11 is 0. The monoisotopic (exact) mass is 390 g/mol. The van der Waals surface area contributed by atoms with E-state index in [-0.39, 0.29) is 23.8 Å². The molecule has 0 radical (unpaired) electrons. The van der Waals surface area contributed by atoms with Crippen molar-refractivity contribution in [2.75, 3.05) is 13.7 Å². The maximum absolute atomic E-state index is 12.6. The number of carbonyl (C=O) groups excluding carboxylic acids is 1. The van der Waals surface area contributed by atoms with Crippen LogP contribution in [0.15, 0.2) is 41.3 Å². The summed E-state index contributed by atoms with van der Waals surface area (Å²) in [4.78, 5) is 12.3. The molecule has 0 aliphatic carbocycles. The Morgan fingerprint density at radius 3 is 2.19 bits per heavy atom. The molecule has 0 saturated carbocycles. The Kier molecular flexibility index (Phi) is 6.98. The molecule has 7 heteroatoms. The van der Waals surface area contributed by atoms with Crippen molar-refractivity contribution in [3.05, 3.63) is 58.7 Å². The summed E-state index contributed by atoms with van der Waals surface area (Å²) in [5.74, 6) is 0.534. The first-order valence-electron chi connectivity index (χ1n) is 8.70. The van der Waals surface area contributed by atoms with Crippen LogP contribution in [0.25, 0.3) is 0 Å². The Hall–Kier alpha value is -2.38. The van der Waals surface area contributed by atoms with Crippen LogP contribution in [-0.2, 0) is 21.4 Å². The third-order valence-corrected chi connectivity index (χ3v) is 5.93. The predicted molar refractivity (Wildman–Crippen MR) is 105 cm³/mol. The first-order valence-corrected chi connectivity index (χ1v) is 10.2. The number of aryl methyl sites for hydroxylation is 3. The Morgan fingerprint density at radius 2 is 1.63 bits per heavy atom. The SMILES string of the molecule is COc1ccc(CNC(=O)CCNS(=O)(=O)c2c(C)cc(C)cc2C)cc1. The van der Waals surface area contributed by atoms with E-state index in [1.54, 1.807) is 21.0 Å². The highest BCUT2D eigenvalue weighted by atomic mass is 32.2. The summed E-state index contributed by atoms with van der Waals surface area (Å²) < 4.78 is 32.7. The molecule has 0 spiro atoms. The van der Waals surface area contributed by atoms with E-state index in [1.807, 2.05) is 43.3 Å². The number of hydrogen-bond acceptors (Lipinski definition) is 4. The van der Waals surface area contributed by atoms with Gasteiger partial charge in [0.15, 0.2) is 0 Å². The quantitative estimate of drug-likeness (QED) is 0.726. The lowest BCUT2D eigenvalue weighted by atomic mass is 10.1. The summed E-state index contributed by atoms with van der Waals surface area (Å²) in [6, 6.07) is 11.0. The summed E-state index contributed by atoms with van der Waals surface area (Å²) in [7, 11) is -2.06. The zero-order chi connectivity index (χ0) is 20.0. The summed E-state index contributed by atoms with van der Waals surface area (Å²) in [5, 5.41) is 2.78. The molecule has 0 bridgehead atoms. The minimum absolute atomic E-state index is 0.0452. The average molecular weight is 391 g/mol. The fourth-order valence-electron chi connectivity index (χ4n) is 2.99. The number of ether oxygens (including phenoxy) is 1. The molecule has 1 amide bonds. The highest BCUT2D eigenvalue weighted by Gasteiger charge is 2.19.